The molecule has 166 valence electrons. The first-order valence-corrected chi connectivity index (χ1v) is 9.96. The molecule has 3 aromatic rings. The van der Waals surface area contributed by atoms with Gasteiger partial charge in [0.1, 0.15) is 0 Å². The minimum atomic E-state index is -4.42. The third-order valence-electron chi connectivity index (χ3n) is 4.47. The predicted octanol–water partition coefficient (Wildman–Crippen LogP) is 5.58. The fraction of sp³-hybridized carbons (Fsp3) is 0.130. The molecule has 0 fully saturated rings. The summed E-state index contributed by atoms with van der Waals surface area (Å²) < 4.78 is 38.7. The topological polar surface area (TPSA) is 70.2 Å². The van der Waals surface area contributed by atoms with E-state index in [1.54, 1.807) is 42.5 Å². The number of urea groups is 1. The van der Waals surface area contributed by atoms with Gasteiger partial charge in [-0.3, -0.25) is 4.79 Å². The average molecular weight is 462 g/mol. The summed E-state index contributed by atoms with van der Waals surface area (Å²) in [5, 5.41) is 8.47. The number of carbonyl (C=O) groups excluding carboxylic acids is 2. The van der Waals surface area contributed by atoms with Crippen molar-refractivity contribution < 1.29 is 22.8 Å². The Kier molecular flexibility index (Phi) is 7.37. The molecule has 3 aromatic carbocycles. The summed E-state index contributed by atoms with van der Waals surface area (Å²) in [6, 6.07) is 17.4. The van der Waals surface area contributed by atoms with Crippen LogP contribution in [0.3, 0.4) is 0 Å². The quantitative estimate of drug-likeness (QED) is 0.419. The van der Waals surface area contributed by atoms with Gasteiger partial charge in [-0.2, -0.15) is 13.2 Å². The molecule has 0 aliphatic rings. The number of benzene rings is 3. The molecule has 0 bridgehead atoms. The molecule has 0 atom stereocenters. The Hall–Kier alpha value is -3.52. The molecule has 0 saturated heterocycles. The van der Waals surface area contributed by atoms with Crippen molar-refractivity contribution in [2.45, 2.75) is 6.18 Å². The minimum Gasteiger partial charge on any atom is -0.350 e. The van der Waals surface area contributed by atoms with E-state index in [1.807, 2.05) is 0 Å². The molecule has 32 heavy (non-hydrogen) atoms. The van der Waals surface area contributed by atoms with E-state index in [4.69, 9.17) is 11.6 Å². The van der Waals surface area contributed by atoms with E-state index in [0.717, 1.165) is 12.1 Å². The molecule has 0 saturated carbocycles. The number of carbonyl (C=O) groups is 2. The zero-order chi connectivity index (χ0) is 23.1. The van der Waals surface area contributed by atoms with Crippen LogP contribution in [0, 0.1) is 0 Å². The van der Waals surface area contributed by atoms with Crippen molar-refractivity contribution in [3.05, 3.63) is 88.9 Å². The van der Waals surface area contributed by atoms with Crippen LogP contribution >= 0.6 is 11.6 Å². The van der Waals surface area contributed by atoms with Gasteiger partial charge in [0.2, 0.25) is 0 Å². The van der Waals surface area contributed by atoms with Crippen molar-refractivity contribution in [2.75, 3.05) is 18.4 Å². The Morgan fingerprint density at radius 3 is 2.12 bits per heavy atom. The van der Waals surface area contributed by atoms with Crippen molar-refractivity contribution in [1.82, 2.24) is 10.6 Å². The van der Waals surface area contributed by atoms with Crippen LogP contribution in [0.5, 0.6) is 0 Å². The lowest BCUT2D eigenvalue weighted by molar-refractivity contribution is -0.137. The highest BCUT2D eigenvalue weighted by molar-refractivity contribution is 6.30. The highest BCUT2D eigenvalue weighted by Crippen LogP contribution is 2.32. The van der Waals surface area contributed by atoms with Crippen molar-refractivity contribution in [3.8, 4) is 11.1 Å². The van der Waals surface area contributed by atoms with Crippen LogP contribution in [0.25, 0.3) is 11.1 Å². The molecule has 3 N–H and O–H groups in total. The number of alkyl halides is 3. The number of rotatable bonds is 6. The summed E-state index contributed by atoms with van der Waals surface area (Å²) in [6.07, 6.45) is -4.42. The van der Waals surface area contributed by atoms with Crippen molar-refractivity contribution in [1.29, 1.82) is 0 Å². The van der Waals surface area contributed by atoms with Crippen LogP contribution in [0.15, 0.2) is 72.8 Å². The van der Waals surface area contributed by atoms with Crippen LogP contribution in [0.4, 0.5) is 23.7 Å². The molecule has 0 spiro atoms. The molecular weight excluding hydrogens is 443 g/mol. The molecule has 9 heteroatoms. The summed E-state index contributed by atoms with van der Waals surface area (Å²) in [4.78, 5) is 24.1. The van der Waals surface area contributed by atoms with E-state index in [9.17, 15) is 22.8 Å². The Bertz CT molecular complexity index is 1080. The molecule has 3 amide bonds. The van der Waals surface area contributed by atoms with E-state index in [1.165, 1.54) is 18.2 Å². The van der Waals surface area contributed by atoms with Crippen LogP contribution in [0.1, 0.15) is 15.9 Å². The van der Waals surface area contributed by atoms with Gasteiger partial charge in [-0.25, -0.2) is 4.79 Å². The van der Waals surface area contributed by atoms with Crippen molar-refractivity contribution in [2.24, 2.45) is 0 Å². The van der Waals surface area contributed by atoms with E-state index in [0.29, 0.717) is 27.4 Å². The second-order valence-corrected chi connectivity index (χ2v) is 7.24. The second-order valence-electron chi connectivity index (χ2n) is 6.80. The van der Waals surface area contributed by atoms with E-state index in [2.05, 4.69) is 16.0 Å². The van der Waals surface area contributed by atoms with Gasteiger partial charge in [0.25, 0.3) is 5.91 Å². The molecular formula is C23H19ClF3N3O2. The van der Waals surface area contributed by atoms with Gasteiger partial charge in [-0.05, 0) is 59.7 Å². The van der Waals surface area contributed by atoms with Crippen molar-refractivity contribution in [3.63, 3.8) is 0 Å². The summed E-state index contributed by atoms with van der Waals surface area (Å²) in [7, 11) is 0. The summed E-state index contributed by atoms with van der Waals surface area (Å²) in [5.74, 6) is -0.361. The lowest BCUT2D eigenvalue weighted by Gasteiger charge is -2.10. The van der Waals surface area contributed by atoms with Crippen LogP contribution in [-0.4, -0.2) is 25.0 Å². The monoisotopic (exact) mass is 461 g/mol. The standard InChI is InChI=1S/C23H19ClF3N3O2/c24-19-8-10-20(11-9-19)30-22(32)29-13-12-28-21(31)16-6-4-15(5-7-16)17-2-1-3-18(14-17)23(25,26)27/h1-11,14H,12-13H2,(H,28,31)(H2,29,30,32). The Labute approximate surface area is 187 Å². The Morgan fingerprint density at radius 2 is 1.47 bits per heavy atom. The van der Waals surface area contributed by atoms with Gasteiger partial charge in [0.15, 0.2) is 0 Å². The predicted molar refractivity (Wildman–Crippen MR) is 118 cm³/mol. The summed E-state index contributed by atoms with van der Waals surface area (Å²) >= 11 is 5.78. The second kappa shape index (κ2) is 10.2. The van der Waals surface area contributed by atoms with Gasteiger partial charge in [-0.15, -0.1) is 0 Å². The zero-order valence-corrected chi connectivity index (χ0v) is 17.4. The SMILES string of the molecule is O=C(NCCNC(=O)c1ccc(-c2cccc(C(F)(F)F)c2)cc1)Nc1ccc(Cl)cc1. The van der Waals surface area contributed by atoms with Crippen LogP contribution < -0.4 is 16.0 Å². The first kappa shape index (κ1) is 23.1. The van der Waals surface area contributed by atoms with Gasteiger partial charge < -0.3 is 16.0 Å². The highest BCUT2D eigenvalue weighted by Gasteiger charge is 2.30. The number of hydrogen-bond acceptors (Lipinski definition) is 2. The molecule has 0 unspecified atom stereocenters. The molecule has 0 radical (unpaired) electrons. The fourth-order valence-corrected chi connectivity index (χ4v) is 2.98. The first-order chi connectivity index (χ1) is 15.2. The number of nitrogens with one attached hydrogen (secondary N) is 3. The summed E-state index contributed by atoms with van der Waals surface area (Å²) in [5.41, 5.74) is 1.17. The number of anilines is 1. The van der Waals surface area contributed by atoms with E-state index < -0.39 is 17.8 Å². The minimum absolute atomic E-state index is 0.197. The van der Waals surface area contributed by atoms with Gasteiger partial charge >= 0.3 is 12.2 Å². The maximum absolute atomic E-state index is 12.9. The number of halogens is 4. The lowest BCUT2D eigenvalue weighted by atomic mass is 10.0. The Morgan fingerprint density at radius 1 is 0.812 bits per heavy atom. The van der Waals surface area contributed by atoms with Gasteiger partial charge in [0.05, 0.1) is 5.56 Å². The highest BCUT2D eigenvalue weighted by atomic mass is 35.5. The zero-order valence-electron chi connectivity index (χ0n) is 16.7. The third kappa shape index (κ3) is 6.49. The average Bonchev–Trinajstić information content (AvgIpc) is 2.78. The van der Waals surface area contributed by atoms with Gasteiger partial charge in [-0.1, -0.05) is 35.9 Å². The van der Waals surface area contributed by atoms with Gasteiger partial charge in [0, 0.05) is 29.4 Å². The molecule has 0 aliphatic carbocycles. The lowest BCUT2D eigenvalue weighted by Crippen LogP contribution is -2.36. The number of amides is 3. The number of hydrogen-bond donors (Lipinski definition) is 3. The van der Waals surface area contributed by atoms with Crippen LogP contribution in [-0.2, 0) is 6.18 Å². The maximum Gasteiger partial charge on any atom is 0.416 e. The molecule has 0 heterocycles. The maximum atomic E-state index is 12.9. The van der Waals surface area contributed by atoms with E-state index in [-0.39, 0.29) is 19.0 Å². The van der Waals surface area contributed by atoms with Crippen molar-refractivity contribution >= 4 is 29.2 Å². The molecule has 0 aliphatic heterocycles. The molecule has 0 aromatic heterocycles. The Balaban J connectivity index is 1.48. The summed E-state index contributed by atoms with van der Waals surface area (Å²) in [6.45, 7) is 0.399. The first-order valence-electron chi connectivity index (χ1n) is 9.59. The molecule has 3 rings (SSSR count). The van der Waals surface area contributed by atoms with E-state index >= 15 is 0 Å². The smallest absolute Gasteiger partial charge is 0.350 e. The third-order valence-corrected chi connectivity index (χ3v) is 4.72. The molecule has 5 nitrogen and oxygen atoms in total. The normalized spacial score (nSPS) is 11.0. The fourth-order valence-electron chi connectivity index (χ4n) is 2.85. The van der Waals surface area contributed by atoms with Crippen LogP contribution in [0.2, 0.25) is 5.02 Å². The largest absolute Gasteiger partial charge is 0.416 e.